The van der Waals surface area contributed by atoms with Crippen LogP contribution in [-0.2, 0) is 24.3 Å². The average molecular weight is 451 g/mol. The fraction of sp³-hybridized carbons (Fsp3) is 0.652. The van der Waals surface area contributed by atoms with Gasteiger partial charge in [-0.1, -0.05) is 37.5 Å². The Hall–Kier alpha value is -1.93. The normalized spacial score (nSPS) is 24.4. The molecule has 2 fully saturated rings. The molecule has 1 heterocycles. The van der Waals surface area contributed by atoms with Crippen LogP contribution in [0.3, 0.4) is 0 Å². The number of piperidine rings is 1. The Balaban J connectivity index is 1.49. The van der Waals surface area contributed by atoms with Crippen LogP contribution in [0, 0.1) is 18.8 Å². The van der Waals surface area contributed by atoms with Crippen molar-refractivity contribution in [2.24, 2.45) is 11.8 Å². The Bertz CT molecular complexity index is 876. The van der Waals surface area contributed by atoms with E-state index in [2.05, 4.69) is 12.2 Å². The summed E-state index contributed by atoms with van der Waals surface area (Å²) in [7, 11) is -3.57. The maximum absolute atomic E-state index is 12.8. The van der Waals surface area contributed by atoms with Crippen molar-refractivity contribution in [2.45, 2.75) is 76.3 Å². The molecule has 0 unspecified atom stereocenters. The van der Waals surface area contributed by atoms with Gasteiger partial charge in [-0.2, -0.15) is 4.31 Å². The highest BCUT2D eigenvalue weighted by Gasteiger charge is 2.34. The molecule has 0 radical (unpaired) electrons. The van der Waals surface area contributed by atoms with E-state index in [1.54, 1.807) is 31.2 Å². The lowest BCUT2D eigenvalue weighted by Gasteiger charge is -2.32. The van der Waals surface area contributed by atoms with Gasteiger partial charge in [-0.15, -0.1) is 0 Å². The zero-order valence-corrected chi connectivity index (χ0v) is 19.5. The van der Waals surface area contributed by atoms with E-state index in [0.29, 0.717) is 18.8 Å². The molecule has 1 saturated carbocycles. The van der Waals surface area contributed by atoms with Crippen LogP contribution in [-0.4, -0.2) is 49.8 Å². The predicted molar refractivity (Wildman–Crippen MR) is 118 cm³/mol. The number of carbonyl (C=O) groups is 2. The topological polar surface area (TPSA) is 92.8 Å². The van der Waals surface area contributed by atoms with Crippen molar-refractivity contribution in [3.8, 4) is 0 Å². The summed E-state index contributed by atoms with van der Waals surface area (Å²) in [5.74, 6) is -0.646. The third kappa shape index (κ3) is 5.86. The van der Waals surface area contributed by atoms with Crippen LogP contribution in [0.2, 0.25) is 0 Å². The Morgan fingerprint density at radius 3 is 2.29 bits per heavy atom. The van der Waals surface area contributed by atoms with Crippen LogP contribution in [0.4, 0.5) is 0 Å². The number of hydrogen-bond acceptors (Lipinski definition) is 5. The number of nitrogens with one attached hydrogen (secondary N) is 1. The minimum Gasteiger partial charge on any atom is -0.452 e. The minimum atomic E-state index is -3.57. The molecule has 1 aliphatic heterocycles. The van der Waals surface area contributed by atoms with Gasteiger partial charge in [0.25, 0.3) is 5.91 Å². The number of ether oxygens (including phenoxy) is 1. The molecule has 31 heavy (non-hydrogen) atoms. The highest BCUT2D eigenvalue weighted by Crippen LogP contribution is 2.26. The second kappa shape index (κ2) is 10.1. The highest BCUT2D eigenvalue weighted by molar-refractivity contribution is 7.89. The van der Waals surface area contributed by atoms with E-state index in [9.17, 15) is 18.0 Å². The Morgan fingerprint density at radius 2 is 1.68 bits per heavy atom. The molecular weight excluding hydrogens is 416 g/mol. The first-order valence-electron chi connectivity index (χ1n) is 11.3. The molecule has 3 rings (SSSR count). The number of nitrogens with zero attached hydrogens (tertiary/aromatic N) is 1. The van der Waals surface area contributed by atoms with Gasteiger partial charge in [0.05, 0.1) is 10.8 Å². The van der Waals surface area contributed by atoms with Crippen molar-refractivity contribution in [2.75, 3.05) is 13.1 Å². The van der Waals surface area contributed by atoms with E-state index in [1.165, 1.54) is 10.7 Å². The summed E-state index contributed by atoms with van der Waals surface area (Å²) in [5.41, 5.74) is 0.997. The third-order valence-electron chi connectivity index (χ3n) is 6.55. The summed E-state index contributed by atoms with van der Waals surface area (Å²) in [5, 5.41) is 3.02. The molecule has 0 aromatic heterocycles. The van der Waals surface area contributed by atoms with Gasteiger partial charge in [0, 0.05) is 19.1 Å². The first-order valence-corrected chi connectivity index (χ1v) is 12.7. The maximum atomic E-state index is 12.8. The number of sulfonamides is 1. The molecule has 2 aliphatic rings. The van der Waals surface area contributed by atoms with Crippen LogP contribution in [0.15, 0.2) is 29.2 Å². The Morgan fingerprint density at radius 1 is 1.06 bits per heavy atom. The fourth-order valence-corrected chi connectivity index (χ4v) is 5.82. The fourth-order valence-electron chi connectivity index (χ4n) is 4.35. The summed E-state index contributed by atoms with van der Waals surface area (Å²) in [6.07, 6.45) is 4.28. The van der Waals surface area contributed by atoms with Crippen LogP contribution in [0.25, 0.3) is 0 Å². The van der Waals surface area contributed by atoms with E-state index < -0.39 is 28.0 Å². The first kappa shape index (κ1) is 23.7. The maximum Gasteiger partial charge on any atom is 0.309 e. The molecule has 1 aromatic carbocycles. The second-order valence-electron chi connectivity index (χ2n) is 8.95. The number of hydrogen-bond donors (Lipinski definition) is 1. The first-order chi connectivity index (χ1) is 14.7. The van der Waals surface area contributed by atoms with Gasteiger partial charge in [0.2, 0.25) is 10.0 Å². The Labute approximate surface area is 185 Å². The lowest BCUT2D eigenvalue weighted by Crippen LogP contribution is -2.47. The van der Waals surface area contributed by atoms with Crippen molar-refractivity contribution in [1.82, 2.24) is 9.62 Å². The van der Waals surface area contributed by atoms with Gasteiger partial charge in [-0.25, -0.2) is 8.42 Å². The van der Waals surface area contributed by atoms with Crippen molar-refractivity contribution in [3.63, 3.8) is 0 Å². The monoisotopic (exact) mass is 450 g/mol. The molecule has 0 spiro atoms. The SMILES string of the molecule is Cc1ccc(S(=O)(=O)N2CCC(C(=O)O[C@@H](C)C(=O)N[C@H]3CCCC[C@@H]3C)CC2)cc1. The van der Waals surface area contributed by atoms with Crippen LogP contribution < -0.4 is 5.32 Å². The number of amides is 1. The highest BCUT2D eigenvalue weighted by atomic mass is 32.2. The van der Waals surface area contributed by atoms with E-state index >= 15 is 0 Å². The standard InChI is InChI=1S/C23H34N2O5S/c1-16-8-10-20(11-9-16)31(28,29)25-14-12-19(13-15-25)23(27)30-18(3)22(26)24-21-7-5-4-6-17(21)2/h8-11,17-19,21H,4-7,12-15H2,1-3H3,(H,24,26)/t17-,18-,21-/m0/s1. The number of carbonyl (C=O) groups excluding carboxylic acids is 2. The predicted octanol–water partition coefficient (Wildman–Crippen LogP) is 3.02. The van der Waals surface area contributed by atoms with Gasteiger partial charge >= 0.3 is 5.97 Å². The zero-order valence-electron chi connectivity index (χ0n) is 18.7. The van der Waals surface area contributed by atoms with Gasteiger partial charge < -0.3 is 10.1 Å². The van der Waals surface area contributed by atoms with Crippen molar-refractivity contribution < 1.29 is 22.7 Å². The molecule has 1 saturated heterocycles. The number of benzene rings is 1. The minimum absolute atomic E-state index is 0.137. The number of aryl methyl sites for hydroxylation is 1. The van der Waals surface area contributed by atoms with E-state index in [-0.39, 0.29) is 29.9 Å². The Kier molecular flexibility index (Phi) is 7.75. The lowest BCUT2D eigenvalue weighted by molar-refractivity contribution is -0.160. The quantitative estimate of drug-likeness (QED) is 0.673. The van der Waals surface area contributed by atoms with Crippen LogP contribution in [0.1, 0.15) is 57.9 Å². The van der Waals surface area contributed by atoms with E-state index in [4.69, 9.17) is 4.74 Å². The van der Waals surface area contributed by atoms with Crippen molar-refractivity contribution >= 4 is 21.9 Å². The molecule has 0 bridgehead atoms. The molecule has 8 heteroatoms. The summed E-state index contributed by atoms with van der Waals surface area (Å²) in [6.45, 7) is 6.16. The second-order valence-corrected chi connectivity index (χ2v) is 10.9. The van der Waals surface area contributed by atoms with E-state index in [0.717, 1.165) is 24.8 Å². The van der Waals surface area contributed by atoms with Crippen LogP contribution in [0.5, 0.6) is 0 Å². The van der Waals surface area contributed by atoms with Gasteiger partial charge in [0.15, 0.2) is 6.10 Å². The lowest BCUT2D eigenvalue weighted by atomic mass is 9.86. The molecule has 172 valence electrons. The molecular formula is C23H34N2O5S. The van der Waals surface area contributed by atoms with Gasteiger partial charge in [-0.05, 0) is 57.6 Å². The largest absolute Gasteiger partial charge is 0.452 e. The molecule has 3 atom stereocenters. The van der Waals surface area contributed by atoms with Gasteiger partial charge in [-0.3, -0.25) is 9.59 Å². The van der Waals surface area contributed by atoms with E-state index in [1.807, 2.05) is 6.92 Å². The molecule has 7 nitrogen and oxygen atoms in total. The molecule has 1 aromatic rings. The van der Waals surface area contributed by atoms with Crippen molar-refractivity contribution in [3.05, 3.63) is 29.8 Å². The summed E-state index contributed by atoms with van der Waals surface area (Å²) < 4.78 is 32.5. The average Bonchev–Trinajstić information content (AvgIpc) is 2.75. The summed E-state index contributed by atoms with van der Waals surface area (Å²) in [6, 6.07) is 6.91. The summed E-state index contributed by atoms with van der Waals surface area (Å²) in [4.78, 5) is 25.3. The number of rotatable bonds is 6. The van der Waals surface area contributed by atoms with Gasteiger partial charge in [0.1, 0.15) is 0 Å². The van der Waals surface area contributed by atoms with Crippen molar-refractivity contribution in [1.29, 1.82) is 0 Å². The number of esters is 1. The molecule has 1 aliphatic carbocycles. The molecule has 1 N–H and O–H groups in total. The summed E-state index contributed by atoms with van der Waals surface area (Å²) >= 11 is 0. The van der Waals surface area contributed by atoms with Crippen LogP contribution >= 0.6 is 0 Å². The zero-order chi connectivity index (χ0) is 22.6. The molecule has 1 amide bonds. The third-order valence-corrected chi connectivity index (χ3v) is 8.46. The smallest absolute Gasteiger partial charge is 0.309 e.